The number of furan rings is 1. The highest BCUT2D eigenvalue weighted by Gasteiger charge is 2.53. The van der Waals surface area contributed by atoms with E-state index < -0.39 is 43.0 Å². The lowest BCUT2D eigenvalue weighted by Gasteiger charge is -2.17. The van der Waals surface area contributed by atoms with Crippen LogP contribution in [0.3, 0.4) is 0 Å². The Balaban J connectivity index is 2.20. The largest absolute Gasteiger partial charge is 0.481 e. The number of amides is 1. The van der Waals surface area contributed by atoms with Crippen LogP contribution in [0.2, 0.25) is 0 Å². The minimum Gasteiger partial charge on any atom is -0.481 e. The van der Waals surface area contributed by atoms with E-state index in [1.54, 1.807) is 0 Å². The molecule has 1 amide bonds. The molecule has 2 rings (SSSR count). The Hall–Kier alpha value is -1.51. The van der Waals surface area contributed by atoms with Gasteiger partial charge >= 0.3 is 12.1 Å². The molecule has 1 N–H and O–H groups in total. The molecule has 0 aromatic carbocycles. The topological polar surface area (TPSA) is 70.8 Å². The van der Waals surface area contributed by atoms with E-state index in [1.165, 1.54) is 12.1 Å². The number of hydrogen-bond acceptors (Lipinski definition) is 3. The second-order valence-electron chi connectivity index (χ2n) is 4.41. The number of aliphatic carboxylic acids is 1. The predicted octanol–water partition coefficient (Wildman–Crippen LogP) is 2.38. The van der Waals surface area contributed by atoms with E-state index in [4.69, 9.17) is 9.52 Å². The molecule has 2 heterocycles. The molecule has 0 aliphatic carbocycles. The fourth-order valence-corrected chi connectivity index (χ4v) is 2.44. The number of nitrogens with zero attached hydrogens (tertiary/aromatic N) is 1. The van der Waals surface area contributed by atoms with Gasteiger partial charge in [0.05, 0.1) is 11.8 Å². The summed E-state index contributed by atoms with van der Waals surface area (Å²) in [5.41, 5.74) is 0. The average molecular weight is 356 g/mol. The molecular formula is C11H9BrF3NO4. The van der Waals surface area contributed by atoms with Gasteiger partial charge in [0.15, 0.2) is 10.4 Å². The van der Waals surface area contributed by atoms with Gasteiger partial charge in [0.1, 0.15) is 0 Å². The molecule has 1 aliphatic heterocycles. The first-order valence-corrected chi connectivity index (χ1v) is 6.33. The van der Waals surface area contributed by atoms with Crippen molar-refractivity contribution in [3.8, 4) is 0 Å². The molecule has 0 saturated carbocycles. The first-order chi connectivity index (χ1) is 9.20. The molecule has 1 aliphatic rings. The number of carboxylic acid groups (broad SMARTS) is 1. The fourth-order valence-electron chi connectivity index (χ4n) is 2.14. The Morgan fingerprint density at radius 3 is 2.40 bits per heavy atom. The highest BCUT2D eigenvalue weighted by Crippen LogP contribution is 2.38. The second-order valence-corrected chi connectivity index (χ2v) is 5.19. The molecule has 110 valence electrons. The van der Waals surface area contributed by atoms with Gasteiger partial charge in [0, 0.05) is 13.1 Å². The van der Waals surface area contributed by atoms with E-state index in [2.05, 4.69) is 15.9 Å². The van der Waals surface area contributed by atoms with E-state index in [0.717, 1.165) is 4.90 Å². The van der Waals surface area contributed by atoms with Gasteiger partial charge < -0.3 is 14.4 Å². The highest BCUT2D eigenvalue weighted by molar-refractivity contribution is 9.10. The van der Waals surface area contributed by atoms with Gasteiger partial charge in [-0.25, -0.2) is 0 Å². The third-order valence-corrected chi connectivity index (χ3v) is 3.55. The lowest BCUT2D eigenvalue weighted by atomic mass is 9.96. The van der Waals surface area contributed by atoms with Gasteiger partial charge in [-0.1, -0.05) is 0 Å². The maximum absolute atomic E-state index is 12.8. The van der Waals surface area contributed by atoms with Crippen molar-refractivity contribution in [2.75, 3.05) is 13.1 Å². The molecule has 1 aromatic heterocycles. The van der Waals surface area contributed by atoms with Crippen molar-refractivity contribution in [3.05, 3.63) is 22.6 Å². The maximum Gasteiger partial charge on any atom is 0.394 e. The molecule has 0 bridgehead atoms. The normalized spacial score (nSPS) is 23.1. The molecule has 5 nitrogen and oxygen atoms in total. The zero-order valence-electron chi connectivity index (χ0n) is 9.85. The Kier molecular flexibility index (Phi) is 3.81. The molecule has 0 radical (unpaired) electrons. The van der Waals surface area contributed by atoms with Crippen molar-refractivity contribution < 1.29 is 32.3 Å². The number of rotatable bonds is 2. The van der Waals surface area contributed by atoms with Crippen LogP contribution in [0.1, 0.15) is 10.6 Å². The van der Waals surface area contributed by atoms with Gasteiger partial charge in [0.2, 0.25) is 0 Å². The fraction of sp³-hybridized carbons (Fsp3) is 0.455. The van der Waals surface area contributed by atoms with E-state index in [9.17, 15) is 22.8 Å². The summed E-state index contributed by atoms with van der Waals surface area (Å²) in [4.78, 5) is 23.7. The Morgan fingerprint density at radius 1 is 1.35 bits per heavy atom. The zero-order valence-corrected chi connectivity index (χ0v) is 11.4. The van der Waals surface area contributed by atoms with E-state index in [0.29, 0.717) is 0 Å². The SMILES string of the molecule is O=C(O)[C@@H]1CN(C(=O)c2ccc(Br)o2)C[C@H]1C(F)(F)F. The van der Waals surface area contributed by atoms with Crippen LogP contribution in [0.15, 0.2) is 21.2 Å². The Morgan fingerprint density at radius 2 is 2.00 bits per heavy atom. The lowest BCUT2D eigenvalue weighted by Crippen LogP contribution is -2.34. The molecule has 1 aromatic rings. The third-order valence-electron chi connectivity index (χ3n) is 3.13. The average Bonchev–Trinajstić information content (AvgIpc) is 2.93. The van der Waals surface area contributed by atoms with Crippen LogP contribution in [-0.2, 0) is 4.79 Å². The molecule has 1 fully saturated rings. The summed E-state index contributed by atoms with van der Waals surface area (Å²) in [7, 11) is 0. The number of halogens is 4. The summed E-state index contributed by atoms with van der Waals surface area (Å²) in [6, 6.07) is 2.74. The van der Waals surface area contributed by atoms with Crippen LogP contribution in [0, 0.1) is 11.8 Å². The Bertz CT molecular complexity index is 542. The summed E-state index contributed by atoms with van der Waals surface area (Å²) in [6.45, 7) is -1.17. The van der Waals surface area contributed by atoms with Crippen molar-refractivity contribution in [2.45, 2.75) is 6.18 Å². The first-order valence-electron chi connectivity index (χ1n) is 5.54. The van der Waals surface area contributed by atoms with Gasteiger partial charge in [-0.3, -0.25) is 9.59 Å². The number of likely N-dealkylation sites (tertiary alicyclic amines) is 1. The first kappa shape index (κ1) is 14.9. The molecule has 2 atom stereocenters. The van der Waals surface area contributed by atoms with Crippen LogP contribution >= 0.6 is 15.9 Å². The van der Waals surface area contributed by atoms with Crippen LogP contribution < -0.4 is 0 Å². The monoisotopic (exact) mass is 355 g/mol. The Labute approximate surface area is 119 Å². The standard InChI is InChI=1S/C11H9BrF3NO4/c12-8-2-1-7(20-8)9(17)16-3-5(10(18)19)6(4-16)11(13,14)15/h1-2,5-6H,3-4H2,(H,18,19)/t5-,6-/m1/s1. The number of carboxylic acids is 1. The van der Waals surface area contributed by atoms with Gasteiger partial charge in [-0.05, 0) is 28.1 Å². The molecule has 0 spiro atoms. The second kappa shape index (κ2) is 5.12. The number of hydrogen-bond donors (Lipinski definition) is 1. The molecular weight excluding hydrogens is 347 g/mol. The maximum atomic E-state index is 12.8. The minimum absolute atomic E-state index is 0.135. The van der Waals surface area contributed by atoms with Crippen molar-refractivity contribution in [3.63, 3.8) is 0 Å². The molecule has 1 saturated heterocycles. The van der Waals surface area contributed by atoms with E-state index >= 15 is 0 Å². The predicted molar refractivity (Wildman–Crippen MR) is 63.0 cm³/mol. The quantitative estimate of drug-likeness (QED) is 0.884. The number of carbonyl (C=O) groups is 2. The van der Waals surface area contributed by atoms with Gasteiger partial charge in [-0.2, -0.15) is 13.2 Å². The van der Waals surface area contributed by atoms with Crippen LogP contribution in [0.5, 0.6) is 0 Å². The van der Waals surface area contributed by atoms with Crippen molar-refractivity contribution in [2.24, 2.45) is 11.8 Å². The summed E-state index contributed by atoms with van der Waals surface area (Å²) >= 11 is 2.98. The molecule has 9 heteroatoms. The summed E-state index contributed by atoms with van der Waals surface area (Å²) in [5, 5.41) is 8.85. The molecule has 20 heavy (non-hydrogen) atoms. The zero-order chi connectivity index (χ0) is 15.1. The van der Waals surface area contributed by atoms with Crippen molar-refractivity contribution >= 4 is 27.8 Å². The van der Waals surface area contributed by atoms with Gasteiger partial charge in [0.25, 0.3) is 5.91 Å². The lowest BCUT2D eigenvalue weighted by molar-refractivity contribution is -0.187. The smallest absolute Gasteiger partial charge is 0.394 e. The number of alkyl halides is 3. The summed E-state index contributed by atoms with van der Waals surface area (Å²) in [6.07, 6.45) is -4.66. The van der Waals surface area contributed by atoms with Crippen LogP contribution in [0.25, 0.3) is 0 Å². The summed E-state index contributed by atoms with van der Waals surface area (Å²) < 4.78 is 43.6. The van der Waals surface area contributed by atoms with Crippen LogP contribution in [-0.4, -0.2) is 41.1 Å². The number of carbonyl (C=O) groups excluding carboxylic acids is 1. The van der Waals surface area contributed by atoms with E-state index in [1.807, 2.05) is 0 Å². The third kappa shape index (κ3) is 2.82. The van der Waals surface area contributed by atoms with Crippen molar-refractivity contribution in [1.82, 2.24) is 4.90 Å². The summed E-state index contributed by atoms with van der Waals surface area (Å²) in [5.74, 6) is -6.18. The van der Waals surface area contributed by atoms with E-state index in [-0.39, 0.29) is 10.4 Å². The van der Waals surface area contributed by atoms with Crippen LogP contribution in [0.4, 0.5) is 13.2 Å². The van der Waals surface area contributed by atoms with Gasteiger partial charge in [-0.15, -0.1) is 0 Å². The van der Waals surface area contributed by atoms with Crippen molar-refractivity contribution in [1.29, 1.82) is 0 Å². The highest BCUT2D eigenvalue weighted by atomic mass is 79.9. The molecule has 0 unspecified atom stereocenters. The minimum atomic E-state index is -4.66.